The molecule has 0 amide bonds. The number of hydrogen-bond acceptors (Lipinski definition) is 3. The number of nitrogens with one attached hydrogen (secondary N) is 1. The van der Waals surface area contributed by atoms with Crippen LogP contribution in [0.4, 0.5) is 13.2 Å². The van der Waals surface area contributed by atoms with Crippen LogP contribution in [0.1, 0.15) is 11.4 Å². The second-order valence-electron chi connectivity index (χ2n) is 5.42. The van der Waals surface area contributed by atoms with Gasteiger partial charge in [-0.05, 0) is 36.4 Å². The number of alkyl halides is 3. The lowest BCUT2D eigenvalue weighted by Gasteiger charge is -2.09. The van der Waals surface area contributed by atoms with Crippen molar-refractivity contribution in [3.05, 3.63) is 59.9 Å². The minimum atomic E-state index is -4.51. The fourth-order valence-electron chi connectivity index (χ4n) is 2.42. The number of hydrogen-bond donors (Lipinski definition) is 1. The molecular formula is C16H14F3N3O2S. The molecule has 0 saturated heterocycles. The molecule has 132 valence electrons. The van der Waals surface area contributed by atoms with Gasteiger partial charge in [0, 0.05) is 7.05 Å². The predicted molar refractivity (Wildman–Crippen MR) is 86.2 cm³/mol. The lowest BCUT2D eigenvalue weighted by Crippen LogP contribution is -2.24. The minimum absolute atomic E-state index is 0.0749. The molecule has 25 heavy (non-hydrogen) atoms. The summed E-state index contributed by atoms with van der Waals surface area (Å²) in [4.78, 5) is 4.11. The van der Waals surface area contributed by atoms with Gasteiger partial charge in [0.15, 0.2) is 0 Å². The number of para-hydroxylation sites is 2. The monoisotopic (exact) mass is 369 g/mol. The maximum Gasteiger partial charge on any atom is 0.416 e. The number of benzene rings is 2. The van der Waals surface area contributed by atoms with Gasteiger partial charge in [-0.15, -0.1) is 0 Å². The highest BCUT2D eigenvalue weighted by Crippen LogP contribution is 2.29. The molecule has 1 N–H and O–H groups in total. The molecule has 0 aliphatic heterocycles. The molecular weight excluding hydrogens is 355 g/mol. The van der Waals surface area contributed by atoms with Crippen molar-refractivity contribution in [3.8, 4) is 0 Å². The average molecular weight is 369 g/mol. The van der Waals surface area contributed by atoms with Crippen LogP contribution in [0.25, 0.3) is 11.0 Å². The predicted octanol–water partition coefficient (Wildman–Crippen LogP) is 3.07. The summed E-state index contributed by atoms with van der Waals surface area (Å²) in [6.07, 6.45) is -4.51. The summed E-state index contributed by atoms with van der Waals surface area (Å²) in [6, 6.07) is 10.7. The smallest absolute Gasteiger partial charge is 0.330 e. The molecule has 2 aromatic carbocycles. The molecule has 0 spiro atoms. The number of aryl methyl sites for hydroxylation is 1. The third kappa shape index (κ3) is 3.52. The number of aromatic nitrogens is 2. The topological polar surface area (TPSA) is 64.0 Å². The van der Waals surface area contributed by atoms with Crippen molar-refractivity contribution in [2.45, 2.75) is 17.6 Å². The average Bonchev–Trinajstić information content (AvgIpc) is 2.89. The second-order valence-corrected chi connectivity index (χ2v) is 7.19. The van der Waals surface area contributed by atoms with Gasteiger partial charge in [0.25, 0.3) is 0 Å². The van der Waals surface area contributed by atoms with E-state index in [2.05, 4.69) is 9.71 Å². The van der Waals surface area contributed by atoms with Gasteiger partial charge in [0.1, 0.15) is 5.82 Å². The van der Waals surface area contributed by atoms with E-state index in [1.807, 2.05) is 24.3 Å². The quantitative estimate of drug-likeness (QED) is 0.769. The fourth-order valence-corrected chi connectivity index (χ4v) is 3.40. The van der Waals surface area contributed by atoms with E-state index in [9.17, 15) is 21.6 Å². The van der Waals surface area contributed by atoms with Gasteiger partial charge in [-0.25, -0.2) is 18.1 Å². The number of halogens is 3. The molecule has 0 fully saturated rings. The summed E-state index contributed by atoms with van der Waals surface area (Å²) in [5.74, 6) is 0.497. The Kier molecular flexibility index (Phi) is 4.29. The van der Waals surface area contributed by atoms with Crippen molar-refractivity contribution in [1.82, 2.24) is 14.3 Å². The largest absolute Gasteiger partial charge is 0.416 e. The first-order valence-corrected chi connectivity index (χ1v) is 8.74. The molecule has 0 bridgehead atoms. The first kappa shape index (κ1) is 17.4. The van der Waals surface area contributed by atoms with E-state index in [-0.39, 0.29) is 11.4 Å². The minimum Gasteiger partial charge on any atom is -0.330 e. The van der Waals surface area contributed by atoms with Crippen LogP contribution in [-0.2, 0) is 29.8 Å². The van der Waals surface area contributed by atoms with Crippen molar-refractivity contribution in [3.63, 3.8) is 0 Å². The van der Waals surface area contributed by atoms with Gasteiger partial charge in [0.05, 0.1) is 28.0 Å². The van der Waals surface area contributed by atoms with Crippen molar-refractivity contribution in [2.75, 3.05) is 0 Å². The molecule has 0 saturated carbocycles. The van der Waals surface area contributed by atoms with Crippen LogP contribution >= 0.6 is 0 Å². The van der Waals surface area contributed by atoms with Crippen LogP contribution in [0.2, 0.25) is 0 Å². The standard InChI is InChI=1S/C16H14F3N3O2S/c1-22-14-5-3-2-4-13(14)21-15(22)10-20-25(23,24)12-8-6-11(7-9-12)16(17,18)19/h2-9,20H,10H2,1H3. The van der Waals surface area contributed by atoms with E-state index in [4.69, 9.17) is 0 Å². The highest BCUT2D eigenvalue weighted by atomic mass is 32.2. The third-order valence-corrected chi connectivity index (χ3v) is 5.21. The summed E-state index contributed by atoms with van der Waals surface area (Å²) in [5, 5.41) is 0. The molecule has 0 unspecified atom stereocenters. The molecule has 1 aromatic heterocycles. The summed E-state index contributed by atoms with van der Waals surface area (Å²) in [7, 11) is -2.18. The Hall–Kier alpha value is -2.39. The fraction of sp³-hybridized carbons (Fsp3) is 0.188. The van der Waals surface area contributed by atoms with Crippen LogP contribution < -0.4 is 4.72 Å². The molecule has 9 heteroatoms. The SMILES string of the molecule is Cn1c(CNS(=O)(=O)c2ccc(C(F)(F)F)cc2)nc2ccccc21. The van der Waals surface area contributed by atoms with Crippen LogP contribution in [0, 0.1) is 0 Å². The molecule has 3 aromatic rings. The van der Waals surface area contributed by atoms with E-state index in [0.717, 1.165) is 35.3 Å². The van der Waals surface area contributed by atoms with Gasteiger partial charge < -0.3 is 4.57 Å². The van der Waals surface area contributed by atoms with Gasteiger partial charge >= 0.3 is 6.18 Å². The lowest BCUT2D eigenvalue weighted by molar-refractivity contribution is -0.137. The normalized spacial score (nSPS) is 12.6. The van der Waals surface area contributed by atoms with E-state index >= 15 is 0 Å². The van der Waals surface area contributed by atoms with Crippen molar-refractivity contribution >= 4 is 21.1 Å². The van der Waals surface area contributed by atoms with Crippen LogP contribution in [0.5, 0.6) is 0 Å². The number of rotatable bonds is 4. The number of imidazole rings is 1. The van der Waals surface area contributed by atoms with E-state index in [1.165, 1.54) is 0 Å². The Morgan fingerprint density at radius 1 is 1.08 bits per heavy atom. The summed E-state index contributed by atoms with van der Waals surface area (Å²) in [5.41, 5.74) is 0.682. The number of fused-ring (bicyclic) bond motifs is 1. The van der Waals surface area contributed by atoms with Crippen molar-refractivity contribution in [1.29, 1.82) is 0 Å². The zero-order valence-corrected chi connectivity index (χ0v) is 13.9. The summed E-state index contributed by atoms with van der Waals surface area (Å²) >= 11 is 0. The Balaban J connectivity index is 1.80. The Morgan fingerprint density at radius 3 is 2.32 bits per heavy atom. The van der Waals surface area contributed by atoms with Gasteiger partial charge in [-0.3, -0.25) is 0 Å². The molecule has 0 aliphatic rings. The first-order chi connectivity index (χ1) is 11.7. The Bertz CT molecular complexity index is 1010. The maximum atomic E-state index is 12.6. The zero-order valence-electron chi connectivity index (χ0n) is 13.1. The van der Waals surface area contributed by atoms with Crippen LogP contribution in [0.3, 0.4) is 0 Å². The van der Waals surface area contributed by atoms with Gasteiger partial charge in [-0.1, -0.05) is 12.1 Å². The number of nitrogens with zero attached hydrogens (tertiary/aromatic N) is 2. The molecule has 5 nitrogen and oxygen atoms in total. The van der Waals surface area contributed by atoms with E-state index < -0.39 is 21.8 Å². The van der Waals surface area contributed by atoms with Crippen LogP contribution in [-0.4, -0.2) is 18.0 Å². The Morgan fingerprint density at radius 2 is 1.72 bits per heavy atom. The summed E-state index contributed by atoms with van der Waals surface area (Å²) < 4.78 is 66.3. The highest BCUT2D eigenvalue weighted by Gasteiger charge is 2.30. The van der Waals surface area contributed by atoms with Crippen LogP contribution in [0.15, 0.2) is 53.4 Å². The van der Waals surface area contributed by atoms with Crippen molar-refractivity contribution < 1.29 is 21.6 Å². The molecule has 1 heterocycles. The van der Waals surface area contributed by atoms with E-state index in [1.54, 1.807) is 11.6 Å². The molecule has 0 atom stereocenters. The van der Waals surface area contributed by atoms with Gasteiger partial charge in [0.2, 0.25) is 10.0 Å². The Labute approximate surface area is 142 Å². The van der Waals surface area contributed by atoms with Gasteiger partial charge in [-0.2, -0.15) is 13.2 Å². The molecule has 0 radical (unpaired) electrons. The highest BCUT2D eigenvalue weighted by molar-refractivity contribution is 7.89. The maximum absolute atomic E-state index is 12.6. The molecule has 0 aliphatic carbocycles. The summed E-state index contributed by atoms with van der Waals surface area (Å²) in [6.45, 7) is -0.0749. The lowest BCUT2D eigenvalue weighted by atomic mass is 10.2. The zero-order chi connectivity index (χ0) is 18.2. The van der Waals surface area contributed by atoms with E-state index in [0.29, 0.717) is 5.82 Å². The van der Waals surface area contributed by atoms with Crippen molar-refractivity contribution in [2.24, 2.45) is 7.05 Å². The second kappa shape index (κ2) is 6.16. The number of sulfonamides is 1. The molecule has 3 rings (SSSR count). The third-order valence-electron chi connectivity index (χ3n) is 3.79. The first-order valence-electron chi connectivity index (χ1n) is 7.26.